The van der Waals surface area contributed by atoms with Crippen LogP contribution in [0.4, 0.5) is 5.69 Å². The van der Waals surface area contributed by atoms with Crippen LogP contribution < -0.4 is 9.47 Å². The highest BCUT2D eigenvalue weighted by Gasteiger charge is 2.18. The van der Waals surface area contributed by atoms with Crippen LogP contribution in [0.1, 0.15) is 10.4 Å². The van der Waals surface area contributed by atoms with Crippen molar-refractivity contribution in [1.29, 1.82) is 0 Å². The molecule has 136 valence electrons. The molecular formula is C18H12ClN3O5. The number of hydrogen-bond acceptors (Lipinski definition) is 7. The Hall–Kier alpha value is -3.52. The topological polar surface area (TPSA) is 104 Å². The van der Waals surface area contributed by atoms with Gasteiger partial charge >= 0.3 is 5.97 Å². The molecule has 0 unspecified atom stereocenters. The summed E-state index contributed by atoms with van der Waals surface area (Å²) in [4.78, 5) is 22.4. The molecule has 0 saturated heterocycles. The summed E-state index contributed by atoms with van der Waals surface area (Å²) in [5.41, 5.74) is 0.980. The highest BCUT2D eigenvalue weighted by atomic mass is 35.5. The molecule has 3 rings (SSSR count). The number of rotatable bonds is 5. The SMILES string of the molecule is COc1ccc(-c2ccc(OC(=O)c3cc([N+](=O)[O-])ccc3Cl)nn2)cc1. The van der Waals surface area contributed by atoms with Gasteiger partial charge in [-0.05, 0) is 36.4 Å². The highest BCUT2D eigenvalue weighted by molar-refractivity contribution is 6.33. The zero-order chi connectivity index (χ0) is 19.4. The molecule has 0 N–H and O–H groups in total. The maximum Gasteiger partial charge on any atom is 0.346 e. The lowest BCUT2D eigenvalue weighted by molar-refractivity contribution is -0.384. The Morgan fingerprint density at radius 3 is 2.41 bits per heavy atom. The second-order valence-corrected chi connectivity index (χ2v) is 5.70. The van der Waals surface area contributed by atoms with Crippen LogP contribution in [0, 0.1) is 10.1 Å². The quantitative estimate of drug-likeness (QED) is 0.372. The van der Waals surface area contributed by atoms with Crippen molar-refractivity contribution in [1.82, 2.24) is 10.2 Å². The van der Waals surface area contributed by atoms with Crippen LogP contribution in [0.25, 0.3) is 11.3 Å². The van der Waals surface area contributed by atoms with Crippen molar-refractivity contribution in [3.05, 3.63) is 75.3 Å². The summed E-state index contributed by atoms with van der Waals surface area (Å²) in [5.74, 6) is -0.207. The number of hydrogen-bond donors (Lipinski definition) is 0. The Bertz CT molecular complexity index is 991. The molecule has 0 spiro atoms. The lowest BCUT2D eigenvalue weighted by Gasteiger charge is -2.06. The van der Waals surface area contributed by atoms with E-state index < -0.39 is 10.9 Å². The van der Waals surface area contributed by atoms with E-state index in [9.17, 15) is 14.9 Å². The maximum absolute atomic E-state index is 12.2. The van der Waals surface area contributed by atoms with Crippen LogP contribution in [-0.2, 0) is 0 Å². The molecular weight excluding hydrogens is 374 g/mol. The van der Waals surface area contributed by atoms with Crippen molar-refractivity contribution < 1.29 is 19.2 Å². The first-order valence-corrected chi connectivity index (χ1v) is 8.00. The van der Waals surface area contributed by atoms with Crippen LogP contribution in [0.3, 0.4) is 0 Å². The molecule has 0 amide bonds. The number of nitrogens with zero attached hydrogens (tertiary/aromatic N) is 3. The largest absolute Gasteiger partial charge is 0.497 e. The first kappa shape index (κ1) is 18.3. The lowest BCUT2D eigenvalue weighted by Crippen LogP contribution is -2.11. The van der Waals surface area contributed by atoms with Gasteiger partial charge in [-0.2, -0.15) is 0 Å². The Kier molecular flexibility index (Phi) is 5.28. The first-order chi connectivity index (χ1) is 13.0. The number of halogens is 1. The number of carbonyl (C=O) groups is 1. The second kappa shape index (κ2) is 7.79. The summed E-state index contributed by atoms with van der Waals surface area (Å²) in [6.07, 6.45) is 0. The molecule has 0 aliphatic carbocycles. The van der Waals surface area contributed by atoms with Gasteiger partial charge in [0.05, 0.1) is 28.3 Å². The zero-order valence-electron chi connectivity index (χ0n) is 14.0. The summed E-state index contributed by atoms with van der Waals surface area (Å²) in [7, 11) is 1.57. The number of esters is 1. The van der Waals surface area contributed by atoms with Gasteiger partial charge in [-0.15, -0.1) is 10.2 Å². The molecule has 3 aromatic rings. The summed E-state index contributed by atoms with van der Waals surface area (Å²) in [6.45, 7) is 0. The third kappa shape index (κ3) is 4.18. The summed E-state index contributed by atoms with van der Waals surface area (Å²) in [6, 6.07) is 13.8. The molecule has 8 nitrogen and oxygen atoms in total. The molecule has 0 radical (unpaired) electrons. The molecule has 0 fully saturated rings. The second-order valence-electron chi connectivity index (χ2n) is 5.30. The van der Waals surface area contributed by atoms with Crippen molar-refractivity contribution >= 4 is 23.3 Å². The number of carbonyl (C=O) groups excluding carboxylic acids is 1. The van der Waals surface area contributed by atoms with E-state index in [4.69, 9.17) is 21.1 Å². The normalized spacial score (nSPS) is 10.3. The van der Waals surface area contributed by atoms with Crippen molar-refractivity contribution in [2.75, 3.05) is 7.11 Å². The number of ether oxygens (including phenoxy) is 2. The predicted octanol–water partition coefficient (Wildman–Crippen LogP) is 3.93. The summed E-state index contributed by atoms with van der Waals surface area (Å²) < 4.78 is 10.2. The molecule has 0 bridgehead atoms. The van der Waals surface area contributed by atoms with Gasteiger partial charge in [0.1, 0.15) is 5.75 Å². The fourth-order valence-corrected chi connectivity index (χ4v) is 2.42. The summed E-state index contributed by atoms with van der Waals surface area (Å²) in [5, 5.41) is 18.7. The van der Waals surface area contributed by atoms with E-state index in [1.54, 1.807) is 25.3 Å². The number of non-ortho nitro benzene ring substituents is 1. The lowest BCUT2D eigenvalue weighted by atomic mass is 10.1. The Morgan fingerprint density at radius 1 is 1.07 bits per heavy atom. The van der Waals surface area contributed by atoms with Crippen LogP contribution in [0.15, 0.2) is 54.6 Å². The van der Waals surface area contributed by atoms with Crippen molar-refractivity contribution in [2.45, 2.75) is 0 Å². The molecule has 1 aromatic heterocycles. The minimum atomic E-state index is -0.866. The Balaban J connectivity index is 1.77. The maximum atomic E-state index is 12.2. The van der Waals surface area contributed by atoms with E-state index in [0.717, 1.165) is 11.6 Å². The van der Waals surface area contributed by atoms with Gasteiger partial charge < -0.3 is 9.47 Å². The monoisotopic (exact) mass is 385 g/mol. The molecule has 0 aliphatic heterocycles. The Labute approximate surface area is 158 Å². The molecule has 0 saturated carbocycles. The highest BCUT2D eigenvalue weighted by Crippen LogP contribution is 2.24. The molecule has 2 aromatic carbocycles. The number of nitro groups is 1. The minimum Gasteiger partial charge on any atom is -0.497 e. The number of nitro benzene ring substituents is 1. The van der Waals surface area contributed by atoms with Crippen LogP contribution >= 0.6 is 11.6 Å². The van der Waals surface area contributed by atoms with Crippen molar-refractivity contribution in [3.63, 3.8) is 0 Å². The molecule has 1 heterocycles. The van der Waals surface area contributed by atoms with Crippen LogP contribution in [0.5, 0.6) is 11.6 Å². The zero-order valence-corrected chi connectivity index (χ0v) is 14.7. The fourth-order valence-electron chi connectivity index (χ4n) is 2.22. The van der Waals surface area contributed by atoms with Gasteiger partial charge in [-0.3, -0.25) is 10.1 Å². The Morgan fingerprint density at radius 2 is 1.81 bits per heavy atom. The molecule has 9 heteroatoms. The molecule has 0 atom stereocenters. The van der Waals surface area contributed by atoms with Crippen molar-refractivity contribution in [3.8, 4) is 22.9 Å². The van der Waals surface area contributed by atoms with E-state index in [1.807, 2.05) is 12.1 Å². The number of benzene rings is 2. The van der Waals surface area contributed by atoms with E-state index in [0.29, 0.717) is 11.4 Å². The van der Waals surface area contributed by atoms with E-state index >= 15 is 0 Å². The van der Waals surface area contributed by atoms with Crippen LogP contribution in [-0.4, -0.2) is 28.2 Å². The number of methoxy groups -OCH3 is 1. The average Bonchev–Trinajstić information content (AvgIpc) is 2.68. The number of aromatic nitrogens is 2. The van der Waals surface area contributed by atoms with E-state index in [-0.39, 0.29) is 22.2 Å². The van der Waals surface area contributed by atoms with Gasteiger partial charge in [-0.1, -0.05) is 11.6 Å². The average molecular weight is 386 g/mol. The third-order valence-corrected chi connectivity index (χ3v) is 3.93. The van der Waals surface area contributed by atoms with Gasteiger partial charge in [0, 0.05) is 23.8 Å². The van der Waals surface area contributed by atoms with E-state index in [2.05, 4.69) is 10.2 Å². The van der Waals surface area contributed by atoms with Crippen molar-refractivity contribution in [2.24, 2.45) is 0 Å². The van der Waals surface area contributed by atoms with Gasteiger partial charge in [0.2, 0.25) is 5.88 Å². The van der Waals surface area contributed by atoms with E-state index in [1.165, 1.54) is 18.2 Å². The smallest absolute Gasteiger partial charge is 0.346 e. The fraction of sp³-hybridized carbons (Fsp3) is 0.0556. The summed E-state index contributed by atoms with van der Waals surface area (Å²) >= 11 is 5.92. The van der Waals surface area contributed by atoms with Gasteiger partial charge in [-0.25, -0.2) is 4.79 Å². The third-order valence-electron chi connectivity index (χ3n) is 3.60. The standard InChI is InChI=1S/C18H12ClN3O5/c1-26-13-5-2-11(3-6-13)16-8-9-17(21-20-16)27-18(23)14-10-12(22(24)25)4-7-15(14)19/h2-10H,1H3. The minimum absolute atomic E-state index is 0.0356. The molecule has 0 aliphatic rings. The first-order valence-electron chi connectivity index (χ1n) is 7.62. The molecule has 27 heavy (non-hydrogen) atoms. The van der Waals surface area contributed by atoms with Gasteiger partial charge in [0.25, 0.3) is 5.69 Å². The predicted molar refractivity (Wildman–Crippen MR) is 97.1 cm³/mol. The van der Waals surface area contributed by atoms with Gasteiger partial charge in [0.15, 0.2) is 0 Å². The van der Waals surface area contributed by atoms with Crippen LogP contribution in [0.2, 0.25) is 5.02 Å².